The number of carbonyl (C=O) groups is 1. The smallest absolute Gasteiger partial charge is 0.258 e. The summed E-state index contributed by atoms with van der Waals surface area (Å²) < 4.78 is 5.49. The molecule has 124 valence electrons. The van der Waals surface area contributed by atoms with Crippen LogP contribution in [0.4, 0.5) is 0 Å². The lowest BCUT2D eigenvalue weighted by Crippen LogP contribution is -2.32. The van der Waals surface area contributed by atoms with Gasteiger partial charge in [-0.15, -0.1) is 11.3 Å². The third-order valence-electron chi connectivity index (χ3n) is 3.26. The van der Waals surface area contributed by atoms with Gasteiger partial charge in [0.25, 0.3) is 5.91 Å². The highest BCUT2D eigenvalue weighted by Gasteiger charge is 2.18. The number of hydrogen-bond donors (Lipinski definition) is 1. The predicted octanol–water partition coefficient (Wildman–Crippen LogP) is 5.40. The molecular formula is C17H13Cl2NO2S2. The second-order valence-corrected chi connectivity index (χ2v) is 7.54. The minimum absolute atomic E-state index is 0.118. The maximum Gasteiger partial charge on any atom is 0.258 e. The Balaban J connectivity index is 1.66. The zero-order valence-corrected chi connectivity index (χ0v) is 15.5. The Morgan fingerprint density at radius 2 is 2.08 bits per heavy atom. The SMILES string of the molecule is O=C(COc1ccc(Cl)cc1Cl)N[C@H](c1ccsc1)c1cccs1. The van der Waals surface area contributed by atoms with Crippen molar-refractivity contribution in [1.82, 2.24) is 5.32 Å². The summed E-state index contributed by atoms with van der Waals surface area (Å²) in [4.78, 5) is 13.4. The van der Waals surface area contributed by atoms with E-state index in [2.05, 4.69) is 5.32 Å². The van der Waals surface area contributed by atoms with E-state index >= 15 is 0 Å². The van der Waals surface area contributed by atoms with Crippen LogP contribution in [0.3, 0.4) is 0 Å². The van der Waals surface area contributed by atoms with Crippen LogP contribution in [-0.4, -0.2) is 12.5 Å². The summed E-state index contributed by atoms with van der Waals surface area (Å²) >= 11 is 15.1. The average Bonchev–Trinajstić information content (AvgIpc) is 3.25. The largest absolute Gasteiger partial charge is 0.482 e. The fraction of sp³-hybridized carbons (Fsp3) is 0.118. The summed E-state index contributed by atoms with van der Waals surface area (Å²) in [5.74, 6) is 0.213. The van der Waals surface area contributed by atoms with Crippen molar-refractivity contribution in [2.24, 2.45) is 0 Å². The normalized spacial score (nSPS) is 11.9. The van der Waals surface area contributed by atoms with Crippen LogP contribution < -0.4 is 10.1 Å². The molecule has 3 rings (SSSR count). The zero-order chi connectivity index (χ0) is 16.9. The van der Waals surface area contributed by atoms with Crippen LogP contribution in [-0.2, 0) is 4.79 Å². The van der Waals surface area contributed by atoms with E-state index in [0.717, 1.165) is 10.4 Å². The molecule has 0 unspecified atom stereocenters. The Morgan fingerprint density at radius 1 is 1.21 bits per heavy atom. The van der Waals surface area contributed by atoms with Gasteiger partial charge in [-0.2, -0.15) is 11.3 Å². The first kappa shape index (κ1) is 17.3. The number of carbonyl (C=O) groups excluding carboxylic acids is 1. The van der Waals surface area contributed by atoms with Crippen molar-refractivity contribution >= 4 is 51.8 Å². The average molecular weight is 398 g/mol. The monoisotopic (exact) mass is 397 g/mol. The van der Waals surface area contributed by atoms with Crippen molar-refractivity contribution in [3.05, 3.63) is 73.0 Å². The van der Waals surface area contributed by atoms with Crippen LogP contribution in [0.2, 0.25) is 10.0 Å². The van der Waals surface area contributed by atoms with Gasteiger partial charge in [-0.05, 0) is 52.0 Å². The van der Waals surface area contributed by atoms with Crippen LogP contribution in [0.5, 0.6) is 5.75 Å². The van der Waals surface area contributed by atoms with Gasteiger partial charge < -0.3 is 10.1 Å². The fourth-order valence-corrected chi connectivity index (χ4v) is 4.10. The van der Waals surface area contributed by atoms with Gasteiger partial charge in [0, 0.05) is 9.90 Å². The number of nitrogens with one attached hydrogen (secondary N) is 1. The predicted molar refractivity (Wildman–Crippen MR) is 101 cm³/mol. The van der Waals surface area contributed by atoms with E-state index in [1.165, 1.54) is 0 Å². The molecule has 2 heterocycles. The molecule has 0 saturated carbocycles. The molecule has 0 spiro atoms. The summed E-state index contributed by atoms with van der Waals surface area (Å²) in [5, 5.41) is 9.92. The molecule has 0 saturated heterocycles. The molecule has 0 radical (unpaired) electrons. The molecule has 1 N–H and O–H groups in total. The number of benzene rings is 1. The lowest BCUT2D eigenvalue weighted by atomic mass is 10.1. The van der Waals surface area contributed by atoms with Crippen LogP contribution in [0, 0.1) is 0 Å². The standard InChI is InChI=1S/C17H13Cl2NO2S2/c18-12-3-4-14(13(19)8-12)22-9-16(21)20-17(11-5-7-23-10-11)15-2-1-6-24-15/h1-8,10,17H,9H2,(H,20,21)/t17-/m1/s1. The molecule has 0 aliphatic rings. The van der Waals surface area contributed by atoms with Gasteiger partial charge in [0.15, 0.2) is 6.61 Å². The second-order valence-electron chi connectivity index (χ2n) is 4.94. The second kappa shape index (κ2) is 8.03. The van der Waals surface area contributed by atoms with Crippen molar-refractivity contribution < 1.29 is 9.53 Å². The van der Waals surface area contributed by atoms with E-state index in [9.17, 15) is 4.79 Å². The molecule has 7 heteroatoms. The minimum atomic E-state index is -0.217. The number of amides is 1. The first-order valence-corrected chi connectivity index (χ1v) is 9.64. The fourth-order valence-electron chi connectivity index (χ4n) is 2.15. The number of hydrogen-bond acceptors (Lipinski definition) is 4. The van der Waals surface area contributed by atoms with Crippen LogP contribution >= 0.6 is 45.9 Å². The summed E-state index contributed by atoms with van der Waals surface area (Å²) in [5.41, 5.74) is 1.06. The van der Waals surface area contributed by atoms with E-state index in [1.807, 2.05) is 34.3 Å². The molecule has 0 fully saturated rings. The maximum atomic E-state index is 12.3. The summed E-state index contributed by atoms with van der Waals surface area (Å²) in [7, 11) is 0. The van der Waals surface area contributed by atoms with Crippen LogP contribution in [0.25, 0.3) is 0 Å². The van der Waals surface area contributed by atoms with Crippen molar-refractivity contribution in [2.45, 2.75) is 6.04 Å². The van der Waals surface area contributed by atoms with Gasteiger partial charge in [-0.25, -0.2) is 0 Å². The van der Waals surface area contributed by atoms with E-state index < -0.39 is 0 Å². The van der Waals surface area contributed by atoms with Gasteiger partial charge in [-0.3, -0.25) is 4.79 Å². The molecule has 24 heavy (non-hydrogen) atoms. The molecular weight excluding hydrogens is 385 g/mol. The van der Waals surface area contributed by atoms with Crippen molar-refractivity contribution in [3.63, 3.8) is 0 Å². The van der Waals surface area contributed by atoms with E-state index in [0.29, 0.717) is 15.8 Å². The Bertz CT molecular complexity index is 770. The number of thiophene rings is 2. The third-order valence-corrected chi connectivity index (χ3v) is 5.43. The zero-order valence-electron chi connectivity index (χ0n) is 12.4. The minimum Gasteiger partial charge on any atom is -0.482 e. The first-order chi connectivity index (χ1) is 11.6. The number of ether oxygens (including phenoxy) is 1. The van der Waals surface area contributed by atoms with Crippen LogP contribution in [0.1, 0.15) is 16.5 Å². The summed E-state index contributed by atoms with van der Waals surface area (Å²) in [6.45, 7) is -0.118. The molecule has 0 aliphatic carbocycles. The van der Waals surface area contributed by atoms with Gasteiger partial charge in [-0.1, -0.05) is 29.3 Å². The van der Waals surface area contributed by atoms with Gasteiger partial charge in [0.05, 0.1) is 11.1 Å². The Kier molecular flexibility index (Phi) is 5.79. The highest BCUT2D eigenvalue weighted by molar-refractivity contribution is 7.10. The maximum absolute atomic E-state index is 12.3. The third kappa shape index (κ3) is 4.30. The molecule has 2 aromatic heterocycles. The Labute approximate surface area is 157 Å². The first-order valence-electron chi connectivity index (χ1n) is 7.06. The number of rotatable bonds is 6. The van der Waals surface area contributed by atoms with Gasteiger partial charge >= 0.3 is 0 Å². The molecule has 1 atom stereocenters. The topological polar surface area (TPSA) is 38.3 Å². The molecule has 1 aromatic carbocycles. The van der Waals surface area contributed by atoms with Gasteiger partial charge in [0.2, 0.25) is 0 Å². The molecule has 0 aliphatic heterocycles. The molecule has 0 bridgehead atoms. The lowest BCUT2D eigenvalue weighted by Gasteiger charge is -2.17. The van der Waals surface area contributed by atoms with E-state index in [1.54, 1.807) is 40.9 Å². The lowest BCUT2D eigenvalue weighted by molar-refractivity contribution is -0.123. The molecule has 1 amide bonds. The number of halogens is 2. The molecule has 3 aromatic rings. The Hall–Kier alpha value is -1.53. The van der Waals surface area contributed by atoms with Crippen molar-refractivity contribution in [2.75, 3.05) is 6.61 Å². The summed E-state index contributed by atoms with van der Waals surface area (Å²) in [6.07, 6.45) is 0. The quantitative estimate of drug-likeness (QED) is 0.604. The van der Waals surface area contributed by atoms with Crippen molar-refractivity contribution in [1.29, 1.82) is 0 Å². The van der Waals surface area contributed by atoms with Crippen LogP contribution in [0.15, 0.2) is 52.5 Å². The highest BCUT2D eigenvalue weighted by Crippen LogP contribution is 2.29. The molecule has 3 nitrogen and oxygen atoms in total. The van der Waals surface area contributed by atoms with Crippen molar-refractivity contribution in [3.8, 4) is 5.75 Å². The van der Waals surface area contributed by atoms with E-state index in [-0.39, 0.29) is 18.6 Å². The highest BCUT2D eigenvalue weighted by atomic mass is 35.5. The van der Waals surface area contributed by atoms with Gasteiger partial charge in [0.1, 0.15) is 5.75 Å². The Morgan fingerprint density at radius 3 is 2.75 bits per heavy atom. The summed E-state index contributed by atoms with van der Waals surface area (Å²) in [6, 6.07) is 10.7. The van der Waals surface area contributed by atoms with E-state index in [4.69, 9.17) is 27.9 Å².